The van der Waals surface area contributed by atoms with E-state index in [4.69, 9.17) is 21.6 Å². The van der Waals surface area contributed by atoms with Crippen LogP contribution >= 0.6 is 15.9 Å². The highest BCUT2D eigenvalue weighted by molar-refractivity contribution is 9.10. The molecule has 0 radical (unpaired) electrons. The normalized spacial score (nSPS) is 12.0. The third-order valence-electron chi connectivity index (χ3n) is 6.33. The van der Waals surface area contributed by atoms with Gasteiger partial charge in [0.1, 0.15) is 21.7 Å². The highest BCUT2D eigenvalue weighted by atomic mass is 79.9. The van der Waals surface area contributed by atoms with E-state index >= 15 is 0 Å². The molecule has 1 aliphatic rings. The lowest BCUT2D eigenvalue weighted by atomic mass is 10.1. The number of aromatic hydroxyl groups is 1. The van der Waals surface area contributed by atoms with Crippen molar-refractivity contribution in [2.45, 2.75) is 19.3 Å². The van der Waals surface area contributed by atoms with Crippen LogP contribution in [0.1, 0.15) is 38.3 Å². The van der Waals surface area contributed by atoms with Gasteiger partial charge in [-0.15, -0.1) is 0 Å². The number of aryl methyl sites for hydroxylation is 2. The first-order chi connectivity index (χ1) is 18.4. The summed E-state index contributed by atoms with van der Waals surface area (Å²) in [4.78, 5) is 34.6. The standard InChI is InChI=1S/C20H16BrN5.C8H7NO3/c21-17-9-8-16-20(25-17)26(14-7-6-12-3-1-4-13(12)11-14)19(24-16)15-5-2-10-23-18(15)22;9-8(12)5-1-2-7(11)6(3-5)4-10/h2,5-11H,1,3-4H2,(H2,22,23);1-4,11H,(H2,9,12). The molecule has 0 spiro atoms. The number of nitrogen functional groups attached to an aromatic ring is 1. The average Bonchev–Trinajstić information content (AvgIpc) is 3.53. The number of phenolic OH excluding ortho intramolecular Hbond substituents is 1. The van der Waals surface area contributed by atoms with Crippen LogP contribution in [0.2, 0.25) is 0 Å². The van der Waals surface area contributed by atoms with Crippen molar-refractivity contribution in [3.63, 3.8) is 0 Å². The van der Waals surface area contributed by atoms with Gasteiger partial charge < -0.3 is 16.6 Å². The summed E-state index contributed by atoms with van der Waals surface area (Å²) in [6.07, 6.45) is 5.65. The molecule has 190 valence electrons. The van der Waals surface area contributed by atoms with Gasteiger partial charge in [-0.1, -0.05) is 6.07 Å². The molecule has 3 heterocycles. The van der Waals surface area contributed by atoms with Crippen LogP contribution in [0.25, 0.3) is 28.2 Å². The summed E-state index contributed by atoms with van der Waals surface area (Å²) < 4.78 is 2.85. The zero-order chi connectivity index (χ0) is 26.8. The van der Waals surface area contributed by atoms with Crippen LogP contribution in [0, 0.1) is 0 Å². The molecule has 5 N–H and O–H groups in total. The molecule has 38 heavy (non-hydrogen) atoms. The van der Waals surface area contributed by atoms with Crippen molar-refractivity contribution < 1.29 is 14.7 Å². The van der Waals surface area contributed by atoms with Crippen LogP contribution in [0.4, 0.5) is 5.82 Å². The highest BCUT2D eigenvalue weighted by Gasteiger charge is 2.20. The van der Waals surface area contributed by atoms with Crippen molar-refractivity contribution in [3.8, 4) is 22.8 Å². The van der Waals surface area contributed by atoms with Crippen LogP contribution in [0.5, 0.6) is 5.75 Å². The fourth-order valence-electron chi connectivity index (χ4n) is 4.47. The molecule has 1 aliphatic carbocycles. The fraction of sp³-hybridized carbons (Fsp3) is 0.107. The Kier molecular flexibility index (Phi) is 6.89. The molecule has 0 aliphatic heterocycles. The predicted molar refractivity (Wildman–Crippen MR) is 148 cm³/mol. The van der Waals surface area contributed by atoms with Gasteiger partial charge in [0.2, 0.25) is 5.91 Å². The number of phenols is 1. The van der Waals surface area contributed by atoms with Gasteiger partial charge in [-0.3, -0.25) is 14.2 Å². The van der Waals surface area contributed by atoms with Crippen molar-refractivity contribution in [2.24, 2.45) is 5.73 Å². The number of benzene rings is 2. The number of primary amides is 1. The molecule has 0 unspecified atom stereocenters. The van der Waals surface area contributed by atoms with Crippen molar-refractivity contribution in [2.75, 3.05) is 5.73 Å². The van der Waals surface area contributed by atoms with Gasteiger partial charge >= 0.3 is 0 Å². The third-order valence-corrected chi connectivity index (χ3v) is 6.77. The van der Waals surface area contributed by atoms with Gasteiger partial charge in [0, 0.05) is 17.4 Å². The molecular formula is C28H23BrN6O3. The minimum Gasteiger partial charge on any atom is -0.507 e. The van der Waals surface area contributed by atoms with Crippen LogP contribution in [-0.2, 0) is 12.8 Å². The molecule has 0 atom stereocenters. The van der Waals surface area contributed by atoms with Gasteiger partial charge in [0.25, 0.3) is 0 Å². The lowest BCUT2D eigenvalue weighted by Crippen LogP contribution is -2.10. The number of pyridine rings is 2. The smallest absolute Gasteiger partial charge is 0.248 e. The molecule has 0 saturated heterocycles. The van der Waals surface area contributed by atoms with Crippen molar-refractivity contribution >= 4 is 45.1 Å². The van der Waals surface area contributed by atoms with Crippen molar-refractivity contribution in [3.05, 3.63) is 93.7 Å². The van der Waals surface area contributed by atoms with E-state index < -0.39 is 5.91 Å². The molecule has 0 fully saturated rings. The van der Waals surface area contributed by atoms with Gasteiger partial charge in [-0.05, 0) is 101 Å². The second kappa shape index (κ2) is 10.4. The molecular weight excluding hydrogens is 548 g/mol. The Hall–Kier alpha value is -4.57. The molecule has 10 heteroatoms. The lowest BCUT2D eigenvalue weighted by Gasteiger charge is -2.12. The van der Waals surface area contributed by atoms with E-state index in [1.807, 2.05) is 24.3 Å². The van der Waals surface area contributed by atoms with Crippen molar-refractivity contribution in [1.29, 1.82) is 0 Å². The molecule has 9 nitrogen and oxygen atoms in total. The number of fused-ring (bicyclic) bond motifs is 2. The van der Waals surface area contributed by atoms with E-state index in [2.05, 4.69) is 48.7 Å². The summed E-state index contributed by atoms with van der Waals surface area (Å²) in [6.45, 7) is 0. The third kappa shape index (κ3) is 4.85. The second-order valence-electron chi connectivity index (χ2n) is 8.75. The average molecular weight is 571 g/mol. The Morgan fingerprint density at radius 1 is 1.03 bits per heavy atom. The first-order valence-electron chi connectivity index (χ1n) is 11.8. The first kappa shape index (κ1) is 25.1. The zero-order valence-corrected chi connectivity index (χ0v) is 21.7. The summed E-state index contributed by atoms with van der Waals surface area (Å²) in [5.74, 6) is 0.437. The number of hydrogen-bond acceptors (Lipinski definition) is 7. The summed E-state index contributed by atoms with van der Waals surface area (Å²) in [6, 6.07) is 18.2. The number of carbonyl (C=O) groups excluding carboxylic acids is 2. The van der Waals surface area contributed by atoms with Gasteiger partial charge in [0.15, 0.2) is 17.8 Å². The molecule has 1 amide bonds. The Balaban J connectivity index is 0.000000207. The van der Waals surface area contributed by atoms with Gasteiger partial charge in [-0.2, -0.15) is 0 Å². The Labute approximate surface area is 226 Å². The lowest BCUT2D eigenvalue weighted by molar-refractivity contribution is 0.1000. The number of rotatable bonds is 4. The number of aromatic nitrogens is 4. The van der Waals surface area contributed by atoms with Crippen LogP contribution < -0.4 is 11.5 Å². The topological polar surface area (TPSA) is 150 Å². The number of nitrogens with two attached hydrogens (primary N) is 2. The van der Waals surface area contributed by atoms with E-state index in [0.717, 1.165) is 45.7 Å². The molecule has 0 saturated carbocycles. The highest BCUT2D eigenvalue weighted by Crippen LogP contribution is 2.33. The van der Waals surface area contributed by atoms with Crippen LogP contribution in [0.15, 0.2) is 71.5 Å². The number of halogens is 1. The Morgan fingerprint density at radius 2 is 1.84 bits per heavy atom. The zero-order valence-electron chi connectivity index (χ0n) is 20.1. The summed E-state index contributed by atoms with van der Waals surface area (Å²) in [7, 11) is 0. The van der Waals surface area contributed by atoms with E-state index in [9.17, 15) is 9.59 Å². The SMILES string of the molecule is NC(=O)c1ccc(O)c(C=O)c1.Nc1ncccc1-c1nc2ccc(Br)nc2n1-c1ccc2c(c1)CCC2. The maximum absolute atomic E-state index is 10.6. The quantitative estimate of drug-likeness (QED) is 0.210. The van der Waals surface area contributed by atoms with Crippen molar-refractivity contribution in [1.82, 2.24) is 19.5 Å². The first-order valence-corrected chi connectivity index (χ1v) is 12.6. The van der Waals surface area contributed by atoms with E-state index in [0.29, 0.717) is 12.1 Å². The number of aldehydes is 1. The molecule has 3 aromatic heterocycles. The van der Waals surface area contributed by atoms with E-state index in [1.54, 1.807) is 6.20 Å². The van der Waals surface area contributed by atoms with Gasteiger partial charge in [-0.25, -0.2) is 15.0 Å². The summed E-state index contributed by atoms with van der Waals surface area (Å²) >= 11 is 3.48. The van der Waals surface area contributed by atoms with E-state index in [1.165, 1.54) is 35.7 Å². The summed E-state index contributed by atoms with van der Waals surface area (Å²) in [5, 5.41) is 9.03. The maximum atomic E-state index is 10.6. The number of imidazole rings is 1. The minimum atomic E-state index is -0.627. The summed E-state index contributed by atoms with van der Waals surface area (Å²) in [5.41, 5.74) is 17.7. The minimum absolute atomic E-state index is 0.0614. The Morgan fingerprint density at radius 3 is 2.61 bits per heavy atom. The Bertz CT molecular complexity index is 1700. The van der Waals surface area contributed by atoms with E-state index in [-0.39, 0.29) is 16.9 Å². The fourth-order valence-corrected chi connectivity index (χ4v) is 4.77. The monoisotopic (exact) mass is 570 g/mol. The number of anilines is 1. The number of carbonyl (C=O) groups is 2. The van der Waals surface area contributed by atoms with Gasteiger partial charge in [0.05, 0.1) is 11.1 Å². The van der Waals surface area contributed by atoms with Crippen LogP contribution in [0.3, 0.4) is 0 Å². The molecule has 0 bridgehead atoms. The molecule has 5 aromatic rings. The number of hydrogen-bond donors (Lipinski definition) is 3. The molecule has 2 aromatic carbocycles. The number of nitrogens with zero attached hydrogens (tertiary/aromatic N) is 4. The largest absolute Gasteiger partial charge is 0.507 e. The van der Waals surface area contributed by atoms with Crippen LogP contribution in [-0.4, -0.2) is 36.8 Å². The maximum Gasteiger partial charge on any atom is 0.248 e. The predicted octanol–water partition coefficient (Wildman–Crippen LogP) is 4.62. The molecule has 6 rings (SSSR count). The number of amides is 1. The second-order valence-corrected chi connectivity index (χ2v) is 9.56.